The number of halogens is 1. The highest BCUT2D eigenvalue weighted by Gasteiger charge is 2.29. The molecule has 0 spiro atoms. The van der Waals surface area contributed by atoms with E-state index in [1.54, 1.807) is 13.0 Å². The zero-order chi connectivity index (χ0) is 26.6. The fourth-order valence-electron chi connectivity index (χ4n) is 4.77. The van der Waals surface area contributed by atoms with Crippen LogP contribution in [0.5, 0.6) is 0 Å². The number of nitrogens with one attached hydrogen (secondary N) is 2. The molecule has 5 aromatic rings. The van der Waals surface area contributed by atoms with Crippen molar-refractivity contribution in [3.05, 3.63) is 85.7 Å². The Balaban J connectivity index is 1.52. The molecule has 13 heteroatoms. The summed E-state index contributed by atoms with van der Waals surface area (Å²) in [6, 6.07) is 13.4. The molecule has 0 saturated carbocycles. The minimum Gasteiger partial charge on any atom is -0.304 e. The van der Waals surface area contributed by atoms with Crippen molar-refractivity contribution in [2.24, 2.45) is 0 Å². The van der Waals surface area contributed by atoms with Gasteiger partial charge in [-0.05, 0) is 67.6 Å². The first-order valence-electron chi connectivity index (χ1n) is 11.8. The molecule has 0 atom stereocenters. The van der Waals surface area contributed by atoms with Crippen molar-refractivity contribution in [1.82, 2.24) is 24.7 Å². The number of benzene rings is 2. The van der Waals surface area contributed by atoms with Crippen LogP contribution in [0.15, 0.2) is 67.5 Å². The highest BCUT2D eigenvalue weighted by molar-refractivity contribution is 7.92. The van der Waals surface area contributed by atoms with Crippen molar-refractivity contribution in [2.45, 2.75) is 31.1 Å². The second-order valence-electron chi connectivity index (χ2n) is 9.01. The smallest absolute Gasteiger partial charge is 0.304 e. The molecule has 0 amide bonds. The monoisotopic (exact) mass is 552 g/mol. The van der Waals surface area contributed by atoms with Gasteiger partial charge in [0, 0.05) is 6.54 Å². The van der Waals surface area contributed by atoms with Crippen LogP contribution >= 0.6 is 11.6 Å². The Bertz CT molecular complexity index is 1940. The average Bonchev–Trinajstić information content (AvgIpc) is 3.39. The van der Waals surface area contributed by atoms with Crippen molar-refractivity contribution in [2.75, 3.05) is 10.8 Å². The highest BCUT2D eigenvalue weighted by Crippen LogP contribution is 2.33. The maximum absolute atomic E-state index is 13.9. The van der Waals surface area contributed by atoms with Gasteiger partial charge in [0.1, 0.15) is 5.69 Å². The lowest BCUT2D eigenvalue weighted by molar-refractivity contribution is 0.388. The standard InChI is InChI=1S/C25H21ClN6O5S/c1-14-12-18(22-29-25(34)37-30-22)27-23-21(14)28-24(33)32(23)20-13-16(9-10-17(20)26)38(35,36)31-11-5-4-7-15-6-2-3-8-19(15)31/h2-3,6,8-10,12-13H,4-5,7,11H2,1H3,(H,28,33)(H,29,30,34). The Labute approximate surface area is 220 Å². The van der Waals surface area contributed by atoms with Crippen molar-refractivity contribution in [3.8, 4) is 17.2 Å². The number of anilines is 1. The van der Waals surface area contributed by atoms with Gasteiger partial charge in [0.05, 0.1) is 26.8 Å². The first-order chi connectivity index (χ1) is 18.2. The summed E-state index contributed by atoms with van der Waals surface area (Å²) >= 11 is 6.52. The number of aromatic nitrogens is 5. The van der Waals surface area contributed by atoms with Crippen molar-refractivity contribution < 1.29 is 12.9 Å². The van der Waals surface area contributed by atoms with Gasteiger partial charge in [0.15, 0.2) is 5.65 Å². The molecule has 1 aliphatic heterocycles. The molecule has 0 bridgehead atoms. The number of hydrogen-bond acceptors (Lipinski definition) is 7. The Morgan fingerprint density at radius 3 is 2.63 bits per heavy atom. The average molecular weight is 553 g/mol. The van der Waals surface area contributed by atoms with Gasteiger partial charge < -0.3 is 4.98 Å². The van der Waals surface area contributed by atoms with E-state index in [0.717, 1.165) is 18.4 Å². The summed E-state index contributed by atoms with van der Waals surface area (Å²) in [6.07, 6.45) is 2.39. The first-order valence-corrected chi connectivity index (χ1v) is 13.6. The summed E-state index contributed by atoms with van der Waals surface area (Å²) in [7, 11) is -3.99. The van der Waals surface area contributed by atoms with E-state index < -0.39 is 21.5 Å². The number of pyridine rings is 1. The van der Waals surface area contributed by atoms with Crippen LogP contribution in [0, 0.1) is 6.92 Å². The number of rotatable bonds is 4. The highest BCUT2D eigenvalue weighted by atomic mass is 35.5. The molecule has 0 unspecified atom stereocenters. The molecular formula is C25H21ClN6O5S. The van der Waals surface area contributed by atoms with E-state index in [0.29, 0.717) is 29.7 Å². The Morgan fingerprint density at radius 2 is 1.84 bits per heavy atom. The largest absolute Gasteiger partial charge is 0.439 e. The number of H-pyrrole nitrogens is 2. The fourth-order valence-corrected chi connectivity index (χ4v) is 6.54. The SMILES string of the molecule is Cc1cc(-c2noc(=O)[nH]2)nc2c1[nH]c(=O)n2-c1cc(S(=O)(=O)N2CCCCc3ccccc32)ccc1Cl. The summed E-state index contributed by atoms with van der Waals surface area (Å²) in [5.41, 5.74) is 2.71. The van der Waals surface area contributed by atoms with Gasteiger partial charge in [-0.15, -0.1) is 0 Å². The molecule has 0 saturated heterocycles. The number of nitrogens with zero attached hydrogens (tertiary/aromatic N) is 4. The molecule has 2 aromatic carbocycles. The normalized spacial score (nSPS) is 14.0. The molecule has 0 aliphatic carbocycles. The van der Waals surface area contributed by atoms with Crippen LogP contribution in [0.3, 0.4) is 0 Å². The first kappa shape index (κ1) is 24.2. The minimum absolute atomic E-state index is 0.0106. The second kappa shape index (κ2) is 8.99. The molecule has 38 heavy (non-hydrogen) atoms. The van der Waals surface area contributed by atoms with Gasteiger partial charge in [-0.2, -0.15) is 0 Å². The predicted molar refractivity (Wildman–Crippen MR) is 141 cm³/mol. The molecule has 1 aliphatic rings. The van der Waals surface area contributed by atoms with Crippen LogP contribution in [0.25, 0.3) is 28.4 Å². The maximum atomic E-state index is 13.9. The van der Waals surface area contributed by atoms with Crippen LogP contribution in [0.2, 0.25) is 5.02 Å². The van der Waals surface area contributed by atoms with Gasteiger partial charge in [0.25, 0.3) is 10.0 Å². The quantitative estimate of drug-likeness (QED) is 0.346. The second-order valence-corrected chi connectivity index (χ2v) is 11.3. The number of aromatic amines is 2. The summed E-state index contributed by atoms with van der Waals surface area (Å²) in [4.78, 5) is 34.3. The third-order valence-electron chi connectivity index (χ3n) is 6.59. The Morgan fingerprint density at radius 1 is 1.03 bits per heavy atom. The number of para-hydroxylation sites is 1. The van der Waals surface area contributed by atoms with Crippen LogP contribution < -0.4 is 15.8 Å². The van der Waals surface area contributed by atoms with Crippen molar-refractivity contribution >= 4 is 38.5 Å². The van der Waals surface area contributed by atoms with E-state index in [2.05, 4.69) is 24.6 Å². The molecular weight excluding hydrogens is 532 g/mol. The summed E-state index contributed by atoms with van der Waals surface area (Å²) < 4.78 is 35.0. The van der Waals surface area contributed by atoms with Gasteiger partial charge in [0.2, 0.25) is 5.82 Å². The van der Waals surface area contributed by atoms with E-state index in [4.69, 9.17) is 11.6 Å². The molecule has 6 rings (SSSR count). The molecule has 3 aromatic heterocycles. The minimum atomic E-state index is -3.99. The molecule has 0 radical (unpaired) electrons. The van der Waals surface area contributed by atoms with E-state index in [-0.39, 0.29) is 32.8 Å². The molecule has 4 heterocycles. The third kappa shape index (κ3) is 3.92. The number of imidazole rings is 1. The van der Waals surface area contributed by atoms with E-state index in [1.165, 1.54) is 27.1 Å². The van der Waals surface area contributed by atoms with Crippen LogP contribution in [-0.4, -0.2) is 39.6 Å². The fraction of sp³-hybridized carbons (Fsp3) is 0.200. The van der Waals surface area contributed by atoms with Gasteiger partial charge in [-0.25, -0.2) is 27.6 Å². The number of aryl methyl sites for hydroxylation is 2. The van der Waals surface area contributed by atoms with Gasteiger partial charge in [-0.1, -0.05) is 35.0 Å². The van der Waals surface area contributed by atoms with E-state index >= 15 is 0 Å². The number of hydrogen-bond donors (Lipinski definition) is 2. The predicted octanol–water partition coefficient (Wildman–Crippen LogP) is 3.55. The molecule has 0 fully saturated rings. The Kier molecular flexibility index (Phi) is 5.73. The lowest BCUT2D eigenvalue weighted by Crippen LogP contribution is -2.32. The zero-order valence-corrected chi connectivity index (χ0v) is 21.6. The van der Waals surface area contributed by atoms with Crippen LogP contribution in [0.1, 0.15) is 24.0 Å². The molecule has 2 N–H and O–H groups in total. The lowest BCUT2D eigenvalue weighted by atomic mass is 10.1. The summed E-state index contributed by atoms with van der Waals surface area (Å²) in [6.45, 7) is 2.09. The maximum Gasteiger partial charge on any atom is 0.439 e. The topological polar surface area (TPSA) is 147 Å². The molecule has 11 nitrogen and oxygen atoms in total. The lowest BCUT2D eigenvalue weighted by Gasteiger charge is -2.25. The third-order valence-corrected chi connectivity index (χ3v) is 8.72. The van der Waals surface area contributed by atoms with Crippen molar-refractivity contribution in [3.63, 3.8) is 0 Å². The van der Waals surface area contributed by atoms with E-state index in [1.807, 2.05) is 24.3 Å². The summed E-state index contributed by atoms with van der Waals surface area (Å²) in [5.74, 6) is -0.662. The van der Waals surface area contributed by atoms with Gasteiger partial charge >= 0.3 is 11.4 Å². The van der Waals surface area contributed by atoms with Crippen LogP contribution in [0.4, 0.5) is 5.69 Å². The number of fused-ring (bicyclic) bond motifs is 2. The van der Waals surface area contributed by atoms with E-state index in [9.17, 15) is 18.0 Å². The van der Waals surface area contributed by atoms with Gasteiger partial charge in [-0.3, -0.25) is 13.8 Å². The van der Waals surface area contributed by atoms with Crippen molar-refractivity contribution in [1.29, 1.82) is 0 Å². The molecule has 194 valence electrons. The van der Waals surface area contributed by atoms with Crippen LogP contribution in [-0.2, 0) is 16.4 Å². The summed E-state index contributed by atoms with van der Waals surface area (Å²) in [5, 5.41) is 3.83. The zero-order valence-electron chi connectivity index (χ0n) is 20.1. The number of sulfonamides is 1. The Hall–Kier alpha value is -4.16.